The molecule has 2 N–H and O–H groups in total. The number of carbonyl (C=O) groups is 1. The SMILES string of the molecule is Cc1ccc(C2CCN(C(=O)N[C@H]3CCCC[C@@H]3N3CCNCC3)CC2)cc1.Cl.Cl. The quantitative estimate of drug-likeness (QED) is 0.723. The minimum Gasteiger partial charge on any atom is -0.334 e. The Hall–Kier alpha value is -1.01. The molecule has 2 aliphatic heterocycles. The van der Waals surface area contributed by atoms with Crippen molar-refractivity contribution in [3.8, 4) is 0 Å². The lowest BCUT2D eigenvalue weighted by Crippen LogP contribution is -2.59. The molecular weight excluding hydrogens is 419 g/mol. The lowest BCUT2D eigenvalue weighted by molar-refractivity contribution is 0.104. The van der Waals surface area contributed by atoms with Crippen molar-refractivity contribution >= 4 is 30.8 Å². The van der Waals surface area contributed by atoms with Crippen LogP contribution in [0.25, 0.3) is 0 Å². The van der Waals surface area contributed by atoms with Crippen LogP contribution in [0, 0.1) is 6.92 Å². The summed E-state index contributed by atoms with van der Waals surface area (Å²) in [6.45, 7) is 8.24. The Morgan fingerprint density at radius 2 is 1.57 bits per heavy atom. The first-order valence-corrected chi connectivity index (χ1v) is 11.3. The number of urea groups is 1. The topological polar surface area (TPSA) is 47.6 Å². The fourth-order valence-electron chi connectivity index (χ4n) is 5.23. The first-order valence-electron chi connectivity index (χ1n) is 11.3. The fourth-order valence-corrected chi connectivity index (χ4v) is 5.23. The summed E-state index contributed by atoms with van der Waals surface area (Å²) in [5.41, 5.74) is 2.74. The van der Waals surface area contributed by atoms with Crippen LogP contribution in [-0.2, 0) is 0 Å². The van der Waals surface area contributed by atoms with E-state index in [0.717, 1.165) is 58.5 Å². The predicted octanol–water partition coefficient (Wildman–Crippen LogP) is 3.94. The van der Waals surface area contributed by atoms with Gasteiger partial charge in [-0.05, 0) is 44.1 Å². The number of aryl methyl sites for hydroxylation is 1. The Labute approximate surface area is 194 Å². The van der Waals surface area contributed by atoms with Gasteiger partial charge in [0.2, 0.25) is 0 Å². The van der Waals surface area contributed by atoms with E-state index < -0.39 is 0 Å². The molecule has 2 atom stereocenters. The molecule has 3 fully saturated rings. The molecule has 7 heteroatoms. The lowest BCUT2D eigenvalue weighted by Gasteiger charge is -2.43. The van der Waals surface area contributed by atoms with Crippen molar-refractivity contribution in [2.75, 3.05) is 39.3 Å². The van der Waals surface area contributed by atoms with Gasteiger partial charge in [0.1, 0.15) is 0 Å². The molecule has 0 spiro atoms. The van der Waals surface area contributed by atoms with Crippen molar-refractivity contribution in [1.29, 1.82) is 0 Å². The van der Waals surface area contributed by atoms with Crippen LogP contribution in [0.15, 0.2) is 24.3 Å². The summed E-state index contributed by atoms with van der Waals surface area (Å²) in [6.07, 6.45) is 7.03. The van der Waals surface area contributed by atoms with Crippen molar-refractivity contribution in [3.05, 3.63) is 35.4 Å². The van der Waals surface area contributed by atoms with E-state index in [2.05, 4.69) is 46.7 Å². The van der Waals surface area contributed by atoms with Gasteiger partial charge in [-0.1, -0.05) is 42.7 Å². The average Bonchev–Trinajstić information content (AvgIpc) is 2.75. The molecule has 0 bridgehead atoms. The largest absolute Gasteiger partial charge is 0.334 e. The standard InChI is InChI=1S/C23H36N4O.2ClH/c1-18-6-8-19(9-7-18)20-10-14-27(15-11-20)23(28)25-21-4-2-3-5-22(21)26-16-12-24-13-17-26;;/h6-9,20-22,24H,2-5,10-17H2,1H3,(H,25,28);2*1H/t21-,22-;;/m0../s1. The highest BCUT2D eigenvalue weighted by Gasteiger charge is 2.33. The van der Waals surface area contributed by atoms with Gasteiger partial charge in [-0.15, -0.1) is 24.8 Å². The number of nitrogens with one attached hydrogen (secondary N) is 2. The number of hydrogen-bond donors (Lipinski definition) is 2. The molecule has 3 aliphatic rings. The summed E-state index contributed by atoms with van der Waals surface area (Å²) in [6, 6.07) is 9.92. The van der Waals surface area contributed by atoms with E-state index in [1.165, 1.54) is 30.4 Å². The molecule has 0 unspecified atom stereocenters. The third-order valence-corrected chi connectivity index (χ3v) is 6.99. The second kappa shape index (κ2) is 12.1. The summed E-state index contributed by atoms with van der Waals surface area (Å²) < 4.78 is 0. The van der Waals surface area contributed by atoms with Crippen LogP contribution < -0.4 is 10.6 Å². The molecule has 1 aromatic carbocycles. The summed E-state index contributed by atoms with van der Waals surface area (Å²) in [7, 11) is 0. The minimum absolute atomic E-state index is 0. The highest BCUT2D eigenvalue weighted by molar-refractivity contribution is 5.85. The molecule has 2 amide bonds. The van der Waals surface area contributed by atoms with Crippen LogP contribution in [0.5, 0.6) is 0 Å². The minimum atomic E-state index is 0. The van der Waals surface area contributed by atoms with Crippen molar-refractivity contribution in [3.63, 3.8) is 0 Å². The van der Waals surface area contributed by atoms with Gasteiger partial charge in [-0.2, -0.15) is 0 Å². The molecule has 2 saturated heterocycles. The monoisotopic (exact) mass is 456 g/mol. The number of nitrogens with zero attached hydrogens (tertiary/aromatic N) is 2. The van der Waals surface area contributed by atoms with Gasteiger partial charge < -0.3 is 15.5 Å². The highest BCUT2D eigenvalue weighted by atomic mass is 35.5. The molecular formula is C23H38Cl2N4O. The van der Waals surface area contributed by atoms with E-state index >= 15 is 0 Å². The number of likely N-dealkylation sites (tertiary alicyclic amines) is 1. The summed E-state index contributed by atoms with van der Waals surface area (Å²) in [5.74, 6) is 0.591. The van der Waals surface area contributed by atoms with Crippen molar-refractivity contribution in [2.45, 2.75) is 63.5 Å². The third-order valence-electron chi connectivity index (χ3n) is 6.99. The Balaban J connectivity index is 0.00000160. The molecule has 1 saturated carbocycles. The Kier molecular flexibility index (Phi) is 10.2. The molecule has 1 aliphatic carbocycles. The van der Waals surface area contributed by atoms with Crippen LogP contribution in [0.1, 0.15) is 55.6 Å². The Bertz CT molecular complexity index is 643. The zero-order chi connectivity index (χ0) is 19.3. The zero-order valence-electron chi connectivity index (χ0n) is 18.1. The normalized spacial score (nSPS) is 25.7. The fraction of sp³-hybridized carbons (Fsp3) is 0.696. The summed E-state index contributed by atoms with van der Waals surface area (Å²) >= 11 is 0. The molecule has 2 heterocycles. The maximum absolute atomic E-state index is 13.0. The number of halogens is 2. The summed E-state index contributed by atoms with van der Waals surface area (Å²) in [4.78, 5) is 17.6. The molecule has 1 aromatic rings. The van der Waals surface area contributed by atoms with Gasteiger partial charge in [0, 0.05) is 51.4 Å². The van der Waals surface area contributed by atoms with Gasteiger partial charge in [0.25, 0.3) is 0 Å². The van der Waals surface area contributed by atoms with Crippen LogP contribution >= 0.6 is 24.8 Å². The molecule has 170 valence electrons. The summed E-state index contributed by atoms with van der Waals surface area (Å²) in [5, 5.41) is 6.87. The third kappa shape index (κ3) is 6.25. The number of carbonyl (C=O) groups excluding carboxylic acids is 1. The van der Waals surface area contributed by atoms with Crippen molar-refractivity contribution in [1.82, 2.24) is 20.4 Å². The van der Waals surface area contributed by atoms with Gasteiger partial charge in [-0.25, -0.2) is 4.79 Å². The maximum Gasteiger partial charge on any atom is 0.317 e. The Morgan fingerprint density at radius 3 is 2.23 bits per heavy atom. The molecule has 0 aromatic heterocycles. The Morgan fingerprint density at radius 1 is 0.933 bits per heavy atom. The van der Waals surface area contributed by atoms with Crippen LogP contribution in [0.2, 0.25) is 0 Å². The highest BCUT2D eigenvalue weighted by Crippen LogP contribution is 2.29. The van der Waals surface area contributed by atoms with Crippen molar-refractivity contribution < 1.29 is 4.79 Å². The second-order valence-corrected chi connectivity index (χ2v) is 8.87. The second-order valence-electron chi connectivity index (χ2n) is 8.87. The van der Waals surface area contributed by atoms with E-state index in [4.69, 9.17) is 0 Å². The van der Waals surface area contributed by atoms with E-state index in [1.807, 2.05) is 4.90 Å². The number of amides is 2. The number of rotatable bonds is 3. The zero-order valence-corrected chi connectivity index (χ0v) is 19.8. The number of piperazine rings is 1. The average molecular weight is 457 g/mol. The van der Waals surface area contributed by atoms with Gasteiger partial charge in [0.05, 0.1) is 0 Å². The maximum atomic E-state index is 13.0. The number of piperidine rings is 1. The number of benzene rings is 1. The van der Waals surface area contributed by atoms with Crippen LogP contribution in [-0.4, -0.2) is 67.2 Å². The molecule has 30 heavy (non-hydrogen) atoms. The van der Waals surface area contributed by atoms with Gasteiger partial charge in [0.15, 0.2) is 0 Å². The van der Waals surface area contributed by atoms with E-state index in [1.54, 1.807) is 0 Å². The number of hydrogen-bond acceptors (Lipinski definition) is 3. The molecule has 5 nitrogen and oxygen atoms in total. The molecule has 4 rings (SSSR count). The van der Waals surface area contributed by atoms with Crippen molar-refractivity contribution in [2.24, 2.45) is 0 Å². The van der Waals surface area contributed by atoms with Crippen LogP contribution in [0.4, 0.5) is 4.79 Å². The van der Waals surface area contributed by atoms with E-state index in [0.29, 0.717) is 18.0 Å². The smallest absolute Gasteiger partial charge is 0.317 e. The molecule has 0 radical (unpaired) electrons. The first-order chi connectivity index (χ1) is 13.7. The first kappa shape index (κ1) is 25.3. The van der Waals surface area contributed by atoms with Gasteiger partial charge >= 0.3 is 6.03 Å². The van der Waals surface area contributed by atoms with Gasteiger partial charge in [-0.3, -0.25) is 4.90 Å². The van der Waals surface area contributed by atoms with Crippen LogP contribution in [0.3, 0.4) is 0 Å². The predicted molar refractivity (Wildman–Crippen MR) is 128 cm³/mol. The van der Waals surface area contributed by atoms with E-state index in [-0.39, 0.29) is 30.8 Å². The lowest BCUT2D eigenvalue weighted by atomic mass is 9.88. The van der Waals surface area contributed by atoms with E-state index in [9.17, 15) is 4.79 Å².